The number of allylic oxidation sites excluding steroid dienone is 1. The van der Waals surface area contributed by atoms with E-state index in [0.29, 0.717) is 13.0 Å². The Balaban J connectivity index is 2.65. The molecule has 0 aromatic heterocycles. The van der Waals surface area contributed by atoms with Gasteiger partial charge in [0.25, 0.3) is 0 Å². The molecule has 1 rings (SSSR count). The van der Waals surface area contributed by atoms with E-state index in [9.17, 15) is 4.79 Å². The van der Waals surface area contributed by atoms with Crippen molar-refractivity contribution in [3.63, 3.8) is 0 Å². The summed E-state index contributed by atoms with van der Waals surface area (Å²) in [6.07, 6.45) is 2.15. The predicted octanol–water partition coefficient (Wildman–Crippen LogP) is 2.91. The number of carbonyl (C=O) groups is 1. The average molecular weight is 204 g/mol. The van der Waals surface area contributed by atoms with Gasteiger partial charge in [0.05, 0.1) is 13.0 Å². The standard InChI is InChI=1S/C13H16O2/c1-3-11(10-13(14)15-4-2)12-8-6-5-7-9-12/h3,5-9,11H,1,4,10H2,2H3/t11-/m1/s1. The maximum atomic E-state index is 11.3. The van der Waals surface area contributed by atoms with Crippen molar-refractivity contribution in [2.75, 3.05) is 6.61 Å². The zero-order valence-electron chi connectivity index (χ0n) is 8.98. The molecule has 0 aliphatic rings. The highest BCUT2D eigenvalue weighted by molar-refractivity contribution is 5.71. The maximum Gasteiger partial charge on any atom is 0.306 e. The molecule has 0 spiro atoms. The van der Waals surface area contributed by atoms with E-state index in [-0.39, 0.29) is 11.9 Å². The van der Waals surface area contributed by atoms with Crippen LogP contribution in [-0.2, 0) is 9.53 Å². The van der Waals surface area contributed by atoms with Gasteiger partial charge in [-0.25, -0.2) is 0 Å². The first-order valence-electron chi connectivity index (χ1n) is 5.11. The fourth-order valence-electron chi connectivity index (χ4n) is 1.44. The van der Waals surface area contributed by atoms with E-state index in [2.05, 4.69) is 6.58 Å². The fraction of sp³-hybridized carbons (Fsp3) is 0.308. The normalized spacial score (nSPS) is 11.8. The number of carbonyl (C=O) groups excluding carboxylic acids is 1. The van der Waals surface area contributed by atoms with Crippen molar-refractivity contribution < 1.29 is 9.53 Å². The van der Waals surface area contributed by atoms with Crippen LogP contribution in [0.1, 0.15) is 24.8 Å². The molecule has 1 aromatic carbocycles. The molecule has 0 unspecified atom stereocenters. The smallest absolute Gasteiger partial charge is 0.306 e. The first kappa shape index (κ1) is 11.5. The van der Waals surface area contributed by atoms with E-state index in [4.69, 9.17) is 4.74 Å². The van der Waals surface area contributed by atoms with Crippen LogP contribution in [0.5, 0.6) is 0 Å². The number of benzene rings is 1. The molecule has 0 bridgehead atoms. The van der Waals surface area contributed by atoms with Crippen molar-refractivity contribution in [3.05, 3.63) is 48.6 Å². The van der Waals surface area contributed by atoms with Gasteiger partial charge in [0, 0.05) is 5.92 Å². The van der Waals surface area contributed by atoms with E-state index < -0.39 is 0 Å². The second-order valence-corrected chi connectivity index (χ2v) is 3.26. The van der Waals surface area contributed by atoms with Crippen LogP contribution in [-0.4, -0.2) is 12.6 Å². The lowest BCUT2D eigenvalue weighted by molar-refractivity contribution is -0.143. The van der Waals surface area contributed by atoms with Gasteiger partial charge in [0.15, 0.2) is 0 Å². The van der Waals surface area contributed by atoms with Crippen LogP contribution in [0.2, 0.25) is 0 Å². The highest BCUT2D eigenvalue weighted by Crippen LogP contribution is 2.20. The van der Waals surface area contributed by atoms with Crippen LogP contribution < -0.4 is 0 Å². The minimum Gasteiger partial charge on any atom is -0.466 e. The molecule has 1 atom stereocenters. The Morgan fingerprint density at radius 3 is 2.67 bits per heavy atom. The second-order valence-electron chi connectivity index (χ2n) is 3.26. The zero-order chi connectivity index (χ0) is 11.1. The molecular formula is C13H16O2. The summed E-state index contributed by atoms with van der Waals surface area (Å²) in [6, 6.07) is 9.85. The van der Waals surface area contributed by atoms with Crippen LogP contribution in [0, 0.1) is 0 Å². The maximum absolute atomic E-state index is 11.3. The molecule has 2 nitrogen and oxygen atoms in total. The quantitative estimate of drug-likeness (QED) is 0.544. The summed E-state index contributed by atoms with van der Waals surface area (Å²) >= 11 is 0. The molecular weight excluding hydrogens is 188 g/mol. The van der Waals surface area contributed by atoms with Crippen molar-refractivity contribution in [1.82, 2.24) is 0 Å². The Kier molecular flexibility index (Phi) is 4.61. The minimum atomic E-state index is -0.175. The molecule has 2 heteroatoms. The first-order chi connectivity index (χ1) is 7.27. The van der Waals surface area contributed by atoms with Gasteiger partial charge >= 0.3 is 5.97 Å². The molecule has 0 aliphatic heterocycles. The van der Waals surface area contributed by atoms with Crippen LogP contribution in [0.25, 0.3) is 0 Å². The van der Waals surface area contributed by atoms with E-state index >= 15 is 0 Å². The summed E-state index contributed by atoms with van der Waals surface area (Å²) in [5.41, 5.74) is 1.10. The van der Waals surface area contributed by atoms with Crippen molar-refractivity contribution in [2.45, 2.75) is 19.3 Å². The first-order valence-corrected chi connectivity index (χ1v) is 5.11. The van der Waals surface area contributed by atoms with Crippen LogP contribution >= 0.6 is 0 Å². The van der Waals surface area contributed by atoms with Crippen molar-refractivity contribution in [3.8, 4) is 0 Å². The van der Waals surface area contributed by atoms with E-state index in [1.807, 2.05) is 37.3 Å². The summed E-state index contributed by atoms with van der Waals surface area (Å²) in [6.45, 7) is 5.98. The lowest BCUT2D eigenvalue weighted by Gasteiger charge is -2.11. The van der Waals surface area contributed by atoms with Crippen molar-refractivity contribution in [1.29, 1.82) is 0 Å². The van der Waals surface area contributed by atoms with Crippen LogP contribution in [0.4, 0.5) is 0 Å². The molecule has 0 saturated heterocycles. The lowest BCUT2D eigenvalue weighted by atomic mass is 9.96. The third-order valence-corrected chi connectivity index (χ3v) is 2.20. The Hall–Kier alpha value is -1.57. The van der Waals surface area contributed by atoms with Gasteiger partial charge in [0.2, 0.25) is 0 Å². The molecule has 0 saturated carbocycles. The summed E-state index contributed by atoms with van der Waals surface area (Å²) in [5.74, 6) is -0.128. The molecule has 0 radical (unpaired) electrons. The predicted molar refractivity (Wildman–Crippen MR) is 60.6 cm³/mol. The summed E-state index contributed by atoms with van der Waals surface area (Å²) in [5, 5.41) is 0. The topological polar surface area (TPSA) is 26.3 Å². The second kappa shape index (κ2) is 6.02. The number of esters is 1. The van der Waals surface area contributed by atoms with Gasteiger partial charge in [0.1, 0.15) is 0 Å². The van der Waals surface area contributed by atoms with Gasteiger partial charge in [-0.2, -0.15) is 0 Å². The van der Waals surface area contributed by atoms with Gasteiger partial charge in [-0.3, -0.25) is 4.79 Å². The Labute approximate surface area is 90.6 Å². The van der Waals surface area contributed by atoms with Gasteiger partial charge in [-0.05, 0) is 12.5 Å². The van der Waals surface area contributed by atoms with E-state index in [0.717, 1.165) is 5.56 Å². The van der Waals surface area contributed by atoms with Gasteiger partial charge in [-0.15, -0.1) is 6.58 Å². The SMILES string of the molecule is C=C[C@H](CC(=O)OCC)c1ccccc1. The molecule has 0 heterocycles. The molecule has 0 amide bonds. The molecule has 0 aliphatic carbocycles. The molecule has 0 fully saturated rings. The number of hydrogen-bond acceptors (Lipinski definition) is 2. The largest absolute Gasteiger partial charge is 0.466 e. The third-order valence-electron chi connectivity index (χ3n) is 2.20. The van der Waals surface area contributed by atoms with Crippen LogP contribution in [0.3, 0.4) is 0 Å². The van der Waals surface area contributed by atoms with Crippen molar-refractivity contribution in [2.24, 2.45) is 0 Å². The monoisotopic (exact) mass is 204 g/mol. The molecule has 80 valence electrons. The fourth-order valence-corrected chi connectivity index (χ4v) is 1.44. The molecule has 0 N–H and O–H groups in total. The highest BCUT2D eigenvalue weighted by atomic mass is 16.5. The van der Waals surface area contributed by atoms with E-state index in [1.54, 1.807) is 6.08 Å². The average Bonchev–Trinajstić information content (AvgIpc) is 2.27. The number of ether oxygens (including phenoxy) is 1. The molecule has 1 aromatic rings. The summed E-state index contributed by atoms with van der Waals surface area (Å²) < 4.78 is 4.91. The lowest BCUT2D eigenvalue weighted by Crippen LogP contribution is -2.08. The zero-order valence-corrected chi connectivity index (χ0v) is 8.98. The van der Waals surface area contributed by atoms with Crippen LogP contribution in [0.15, 0.2) is 43.0 Å². The Morgan fingerprint density at radius 2 is 2.13 bits per heavy atom. The summed E-state index contributed by atoms with van der Waals surface area (Å²) in [4.78, 5) is 11.3. The van der Waals surface area contributed by atoms with Gasteiger partial charge < -0.3 is 4.74 Å². The van der Waals surface area contributed by atoms with E-state index in [1.165, 1.54) is 0 Å². The van der Waals surface area contributed by atoms with Crippen molar-refractivity contribution >= 4 is 5.97 Å². The third kappa shape index (κ3) is 3.58. The number of rotatable bonds is 5. The summed E-state index contributed by atoms with van der Waals surface area (Å²) in [7, 11) is 0. The van der Waals surface area contributed by atoms with Gasteiger partial charge in [-0.1, -0.05) is 36.4 Å². The number of hydrogen-bond donors (Lipinski definition) is 0. The highest BCUT2D eigenvalue weighted by Gasteiger charge is 2.12. The Bertz CT molecular complexity index is 317. The Morgan fingerprint density at radius 1 is 1.47 bits per heavy atom. The molecule has 15 heavy (non-hydrogen) atoms. The minimum absolute atomic E-state index is 0.0465.